The molecule has 0 aliphatic heterocycles. The Hall–Kier alpha value is 0.160. The highest BCUT2D eigenvalue weighted by atomic mass is 35.5. The normalized spacial score (nSPS) is 18.1. The maximum atomic E-state index is 11.9. The van der Waals surface area contributed by atoms with E-state index in [1.165, 1.54) is 4.31 Å². The molecule has 1 saturated carbocycles. The predicted octanol–water partition coefficient (Wildman–Crippen LogP) is 0.792. The Balaban J connectivity index is 2.60. The Morgan fingerprint density at radius 3 is 2.47 bits per heavy atom. The maximum Gasteiger partial charge on any atom is 0.214 e. The van der Waals surface area contributed by atoms with E-state index in [-0.39, 0.29) is 24.9 Å². The lowest BCUT2D eigenvalue weighted by molar-refractivity contribution is 0.178. The summed E-state index contributed by atoms with van der Waals surface area (Å²) in [6.45, 7) is 0.103. The van der Waals surface area contributed by atoms with Gasteiger partial charge in [0.05, 0.1) is 12.4 Å². The number of aliphatic hydroxyl groups is 1. The number of hydrogen-bond acceptors (Lipinski definition) is 3. The molecule has 0 heterocycles. The van der Waals surface area contributed by atoms with Crippen molar-refractivity contribution in [2.45, 2.75) is 31.7 Å². The summed E-state index contributed by atoms with van der Waals surface area (Å²) in [6.07, 6.45) is 3.39. The number of sulfonamides is 1. The molecule has 0 spiro atoms. The van der Waals surface area contributed by atoms with Gasteiger partial charge in [-0.25, -0.2) is 8.42 Å². The molecule has 15 heavy (non-hydrogen) atoms. The molecule has 1 aliphatic rings. The quantitative estimate of drug-likeness (QED) is 0.685. The van der Waals surface area contributed by atoms with Crippen molar-refractivity contribution in [2.75, 3.05) is 24.8 Å². The van der Waals surface area contributed by atoms with Crippen LogP contribution in [0.15, 0.2) is 0 Å². The number of halogens is 1. The molecule has 1 aliphatic carbocycles. The van der Waals surface area contributed by atoms with Gasteiger partial charge in [0.25, 0.3) is 0 Å². The second kappa shape index (κ2) is 6.03. The lowest BCUT2D eigenvalue weighted by atomic mass is 9.93. The first-order valence-electron chi connectivity index (χ1n) is 5.28. The molecule has 0 radical (unpaired) electrons. The zero-order chi connectivity index (χ0) is 11.3. The van der Waals surface area contributed by atoms with Crippen LogP contribution in [-0.2, 0) is 10.0 Å². The zero-order valence-corrected chi connectivity index (χ0v) is 10.3. The van der Waals surface area contributed by atoms with Crippen LogP contribution >= 0.6 is 11.6 Å². The summed E-state index contributed by atoms with van der Waals surface area (Å²) in [5.41, 5.74) is 0. The number of alkyl halides is 1. The summed E-state index contributed by atoms with van der Waals surface area (Å²) in [5.74, 6) is 0.448. The Kier molecular flexibility index (Phi) is 5.32. The second-order valence-electron chi connectivity index (χ2n) is 3.78. The fraction of sp³-hybridized carbons (Fsp3) is 1.00. The van der Waals surface area contributed by atoms with E-state index in [9.17, 15) is 8.42 Å². The fourth-order valence-electron chi connectivity index (χ4n) is 1.68. The average molecular weight is 256 g/mol. The molecule has 90 valence electrons. The predicted molar refractivity (Wildman–Crippen MR) is 60.6 cm³/mol. The summed E-state index contributed by atoms with van der Waals surface area (Å²) >= 11 is 5.48. The van der Waals surface area contributed by atoms with Crippen LogP contribution in [0, 0.1) is 0 Å². The van der Waals surface area contributed by atoms with Gasteiger partial charge in [-0.1, -0.05) is 6.42 Å². The van der Waals surface area contributed by atoms with Crippen molar-refractivity contribution in [1.82, 2.24) is 4.31 Å². The van der Waals surface area contributed by atoms with E-state index in [2.05, 4.69) is 0 Å². The van der Waals surface area contributed by atoms with E-state index in [4.69, 9.17) is 16.7 Å². The van der Waals surface area contributed by atoms with Crippen LogP contribution in [-0.4, -0.2) is 48.7 Å². The summed E-state index contributed by atoms with van der Waals surface area (Å²) < 4.78 is 25.2. The lowest BCUT2D eigenvalue weighted by Gasteiger charge is -2.36. The van der Waals surface area contributed by atoms with Crippen LogP contribution in [0.2, 0.25) is 0 Å². The standard InChI is InChI=1S/C9H18ClNO3S/c10-5-2-8-15(13,14)11(6-7-12)9-3-1-4-9/h9,12H,1-8H2. The van der Waals surface area contributed by atoms with Gasteiger partial charge in [-0.15, -0.1) is 11.6 Å². The first-order chi connectivity index (χ1) is 7.11. The summed E-state index contributed by atoms with van der Waals surface area (Å²) in [5, 5.41) is 8.86. The molecule has 0 saturated heterocycles. The lowest BCUT2D eigenvalue weighted by Crippen LogP contribution is -2.46. The minimum atomic E-state index is -3.22. The van der Waals surface area contributed by atoms with Crippen molar-refractivity contribution >= 4 is 21.6 Å². The highest BCUT2D eigenvalue weighted by Crippen LogP contribution is 2.27. The average Bonchev–Trinajstić information content (AvgIpc) is 2.11. The van der Waals surface area contributed by atoms with Crippen molar-refractivity contribution in [3.8, 4) is 0 Å². The molecule has 4 nitrogen and oxygen atoms in total. The minimum absolute atomic E-state index is 0.0903. The SMILES string of the molecule is O=S(=O)(CCCCl)N(CCO)C1CCC1. The summed E-state index contributed by atoms with van der Waals surface area (Å²) in [6, 6.07) is 0.109. The monoisotopic (exact) mass is 255 g/mol. The van der Waals surface area contributed by atoms with E-state index in [1.807, 2.05) is 0 Å². The first-order valence-corrected chi connectivity index (χ1v) is 7.42. The smallest absolute Gasteiger partial charge is 0.214 e. The third-order valence-electron chi connectivity index (χ3n) is 2.70. The Morgan fingerprint density at radius 2 is 2.07 bits per heavy atom. The number of rotatable bonds is 7. The van der Waals surface area contributed by atoms with Crippen molar-refractivity contribution < 1.29 is 13.5 Å². The minimum Gasteiger partial charge on any atom is -0.395 e. The largest absolute Gasteiger partial charge is 0.395 e. The molecule has 1 fully saturated rings. The van der Waals surface area contributed by atoms with Gasteiger partial charge in [0, 0.05) is 18.5 Å². The molecule has 0 aromatic rings. The highest BCUT2D eigenvalue weighted by molar-refractivity contribution is 7.89. The molecule has 0 aromatic carbocycles. The van der Waals surface area contributed by atoms with Crippen LogP contribution in [0.5, 0.6) is 0 Å². The van der Waals surface area contributed by atoms with Crippen molar-refractivity contribution in [3.63, 3.8) is 0 Å². The van der Waals surface area contributed by atoms with Crippen molar-refractivity contribution in [1.29, 1.82) is 0 Å². The molecule has 0 bridgehead atoms. The number of hydrogen-bond donors (Lipinski definition) is 1. The second-order valence-corrected chi connectivity index (χ2v) is 6.20. The van der Waals surface area contributed by atoms with E-state index in [0.717, 1.165) is 19.3 Å². The third kappa shape index (κ3) is 3.59. The number of aliphatic hydroxyl groups excluding tert-OH is 1. The van der Waals surface area contributed by atoms with Crippen LogP contribution in [0.4, 0.5) is 0 Å². The van der Waals surface area contributed by atoms with E-state index in [0.29, 0.717) is 12.3 Å². The molecule has 1 rings (SSSR count). The van der Waals surface area contributed by atoms with E-state index >= 15 is 0 Å². The van der Waals surface area contributed by atoms with Gasteiger partial charge in [-0.2, -0.15) is 4.31 Å². The summed E-state index contributed by atoms with van der Waals surface area (Å²) in [4.78, 5) is 0. The van der Waals surface area contributed by atoms with Crippen LogP contribution < -0.4 is 0 Å². The molecule has 1 N–H and O–H groups in total. The molecule has 0 atom stereocenters. The van der Waals surface area contributed by atoms with Crippen LogP contribution in [0.3, 0.4) is 0 Å². The fourth-order valence-corrected chi connectivity index (χ4v) is 3.74. The first kappa shape index (κ1) is 13.2. The molecule has 0 amide bonds. The topological polar surface area (TPSA) is 57.6 Å². The zero-order valence-electron chi connectivity index (χ0n) is 8.73. The van der Waals surface area contributed by atoms with Gasteiger partial charge in [0.1, 0.15) is 0 Å². The van der Waals surface area contributed by atoms with E-state index in [1.54, 1.807) is 0 Å². The summed E-state index contributed by atoms with van der Waals surface area (Å²) in [7, 11) is -3.22. The van der Waals surface area contributed by atoms with Gasteiger partial charge in [-0.3, -0.25) is 0 Å². The molecule has 6 heteroatoms. The van der Waals surface area contributed by atoms with Crippen LogP contribution in [0.25, 0.3) is 0 Å². The molecule has 0 aromatic heterocycles. The highest BCUT2D eigenvalue weighted by Gasteiger charge is 2.32. The van der Waals surface area contributed by atoms with Crippen molar-refractivity contribution in [3.05, 3.63) is 0 Å². The Labute approximate surface area is 96.3 Å². The molecule has 0 unspecified atom stereocenters. The molecular weight excluding hydrogens is 238 g/mol. The van der Waals surface area contributed by atoms with Gasteiger partial charge in [0.2, 0.25) is 10.0 Å². The van der Waals surface area contributed by atoms with Gasteiger partial charge >= 0.3 is 0 Å². The maximum absolute atomic E-state index is 11.9. The van der Waals surface area contributed by atoms with Gasteiger partial charge in [-0.05, 0) is 19.3 Å². The van der Waals surface area contributed by atoms with Crippen LogP contribution in [0.1, 0.15) is 25.7 Å². The third-order valence-corrected chi connectivity index (χ3v) is 4.96. The Bertz CT molecular complexity index is 277. The Morgan fingerprint density at radius 1 is 1.40 bits per heavy atom. The van der Waals surface area contributed by atoms with Crippen molar-refractivity contribution in [2.24, 2.45) is 0 Å². The molecular formula is C9H18ClNO3S. The van der Waals surface area contributed by atoms with E-state index < -0.39 is 10.0 Å². The van der Waals surface area contributed by atoms with Gasteiger partial charge in [0.15, 0.2) is 0 Å². The number of nitrogens with zero attached hydrogens (tertiary/aromatic N) is 1. The van der Waals surface area contributed by atoms with Gasteiger partial charge < -0.3 is 5.11 Å².